The number of aromatic nitrogens is 2. The molecule has 11 heteroatoms. The summed E-state index contributed by atoms with van der Waals surface area (Å²) >= 11 is 0. The number of nitrogens with one attached hydrogen (secondary N) is 1. The molecule has 10 nitrogen and oxygen atoms in total. The smallest absolute Gasteiger partial charge is 0.294 e. The van der Waals surface area contributed by atoms with Crippen LogP contribution in [0.4, 0.5) is 0 Å². The summed E-state index contributed by atoms with van der Waals surface area (Å²) in [4.78, 5) is 18.1. The van der Waals surface area contributed by atoms with Crippen molar-refractivity contribution in [2.45, 2.75) is 17.9 Å². The Balaban J connectivity index is 1.75. The van der Waals surface area contributed by atoms with Crippen molar-refractivity contribution >= 4 is 10.0 Å². The van der Waals surface area contributed by atoms with Crippen LogP contribution < -0.4 is 4.83 Å². The van der Waals surface area contributed by atoms with Crippen molar-refractivity contribution in [3.8, 4) is 11.3 Å². The summed E-state index contributed by atoms with van der Waals surface area (Å²) in [7, 11) is -3.84. The van der Waals surface area contributed by atoms with Gasteiger partial charge < -0.3 is 9.57 Å². The first-order chi connectivity index (χ1) is 14.5. The fourth-order valence-electron chi connectivity index (χ4n) is 2.63. The molecule has 0 fully saturated rings. The Kier molecular flexibility index (Phi) is 6.99. The van der Waals surface area contributed by atoms with E-state index in [0.717, 1.165) is 5.56 Å². The third-order valence-electron chi connectivity index (χ3n) is 3.97. The zero-order valence-corrected chi connectivity index (χ0v) is 16.7. The molecule has 0 amide bonds. The number of ether oxygens (including phenoxy) is 1. The molecule has 0 saturated carbocycles. The Hall–Kier alpha value is -3.44. The fraction of sp³-hybridized carbons (Fsp3) is 0.211. The molecule has 0 radical (unpaired) electrons. The van der Waals surface area contributed by atoms with Gasteiger partial charge in [0.15, 0.2) is 0 Å². The molecule has 0 bridgehead atoms. The average molecular weight is 432 g/mol. The predicted molar refractivity (Wildman–Crippen MR) is 108 cm³/mol. The van der Waals surface area contributed by atoms with Crippen LogP contribution in [0.5, 0.6) is 0 Å². The number of sulfonamides is 1. The van der Waals surface area contributed by atoms with E-state index in [1.165, 1.54) is 16.9 Å². The minimum atomic E-state index is -3.84. The first-order valence-electron chi connectivity index (χ1n) is 9.03. The fourth-order valence-corrected chi connectivity index (χ4v) is 3.62. The van der Waals surface area contributed by atoms with E-state index in [0.29, 0.717) is 17.8 Å². The van der Waals surface area contributed by atoms with Gasteiger partial charge in [-0.2, -0.15) is 23.1 Å². The minimum Gasteiger partial charge on any atom is -0.375 e. The van der Waals surface area contributed by atoms with E-state index in [4.69, 9.17) is 4.74 Å². The van der Waals surface area contributed by atoms with Gasteiger partial charge in [0, 0.05) is 12.2 Å². The molecule has 0 aliphatic heterocycles. The van der Waals surface area contributed by atoms with Crippen LogP contribution in [0.3, 0.4) is 0 Å². The van der Waals surface area contributed by atoms with Crippen molar-refractivity contribution < 1.29 is 23.1 Å². The topological polar surface area (TPSA) is 126 Å². The molecule has 158 valence electrons. The quantitative estimate of drug-likeness (QED) is 0.280. The lowest BCUT2D eigenvalue weighted by Gasteiger charge is -2.11. The van der Waals surface area contributed by atoms with Gasteiger partial charge in [0.05, 0.1) is 29.5 Å². The van der Waals surface area contributed by atoms with E-state index in [1.54, 1.807) is 24.3 Å². The highest BCUT2D eigenvalue weighted by atomic mass is 32.2. The first-order valence-corrected chi connectivity index (χ1v) is 10.5. The van der Waals surface area contributed by atoms with Crippen molar-refractivity contribution in [3.63, 3.8) is 0 Å². The molecule has 30 heavy (non-hydrogen) atoms. The number of hydrogen-bond donors (Lipinski definition) is 1. The molecule has 1 N–H and O–H groups in total. The van der Waals surface area contributed by atoms with Gasteiger partial charge in [-0.1, -0.05) is 48.5 Å². The predicted octanol–water partition coefficient (Wildman–Crippen LogP) is 2.60. The molecule has 0 saturated heterocycles. The van der Waals surface area contributed by atoms with Crippen LogP contribution in [0, 0.1) is 10.1 Å². The third kappa shape index (κ3) is 5.78. The van der Waals surface area contributed by atoms with Gasteiger partial charge in [-0.3, -0.25) is 0 Å². The van der Waals surface area contributed by atoms with E-state index in [2.05, 4.69) is 14.8 Å². The second-order valence-electron chi connectivity index (χ2n) is 6.17. The van der Waals surface area contributed by atoms with Crippen LogP contribution in [0.25, 0.3) is 11.3 Å². The van der Waals surface area contributed by atoms with Crippen LogP contribution in [0.15, 0.2) is 71.6 Å². The minimum absolute atomic E-state index is 0.0619. The van der Waals surface area contributed by atoms with Gasteiger partial charge >= 0.3 is 0 Å². The first kappa shape index (κ1) is 21.3. The lowest BCUT2D eigenvalue weighted by molar-refractivity contribution is -0.757. The summed E-state index contributed by atoms with van der Waals surface area (Å²) in [5.41, 5.74) is 1.82. The van der Waals surface area contributed by atoms with Gasteiger partial charge in [0.2, 0.25) is 0 Å². The van der Waals surface area contributed by atoms with Gasteiger partial charge in [0.25, 0.3) is 15.1 Å². The second kappa shape index (κ2) is 9.85. The van der Waals surface area contributed by atoms with Crippen molar-refractivity contribution in [1.82, 2.24) is 9.89 Å². The van der Waals surface area contributed by atoms with Crippen LogP contribution in [-0.2, 0) is 26.2 Å². The molecule has 0 spiro atoms. The van der Waals surface area contributed by atoms with Crippen LogP contribution in [-0.4, -0.2) is 36.6 Å². The molecular formula is C19H20N4O6S. The Morgan fingerprint density at radius 3 is 2.37 bits per heavy atom. The third-order valence-corrected chi connectivity index (χ3v) is 5.28. The second-order valence-corrected chi connectivity index (χ2v) is 7.83. The maximum Gasteiger partial charge on any atom is 0.294 e. The zero-order chi connectivity index (χ0) is 21.4. The highest BCUT2D eigenvalue weighted by molar-refractivity contribution is 7.92. The molecule has 2 aromatic carbocycles. The number of nitrogens with zero attached hydrogens (tertiary/aromatic N) is 3. The molecule has 3 rings (SSSR count). The largest absolute Gasteiger partial charge is 0.375 e. The molecule has 1 heterocycles. The van der Waals surface area contributed by atoms with E-state index in [9.17, 15) is 18.5 Å². The number of rotatable bonds is 11. The van der Waals surface area contributed by atoms with Crippen molar-refractivity contribution in [3.05, 3.63) is 82.5 Å². The number of benzene rings is 2. The molecule has 1 aromatic heterocycles. The lowest BCUT2D eigenvalue weighted by atomic mass is 10.1. The van der Waals surface area contributed by atoms with Crippen molar-refractivity contribution in [2.24, 2.45) is 0 Å². The van der Waals surface area contributed by atoms with E-state index < -0.39 is 15.1 Å². The van der Waals surface area contributed by atoms with Gasteiger partial charge in [-0.05, 0) is 24.6 Å². The monoisotopic (exact) mass is 432 g/mol. The summed E-state index contributed by atoms with van der Waals surface area (Å²) < 4.78 is 30.9. The SMILES string of the molecule is O=[N+]([O-])OCCCOCc1cc(-c2ccccc2)n(NS(=O)(=O)c2ccccc2)n1. The summed E-state index contributed by atoms with van der Waals surface area (Å²) in [5.74, 6) is 0. The highest BCUT2D eigenvalue weighted by Gasteiger charge is 2.18. The average Bonchev–Trinajstić information content (AvgIpc) is 3.13. The van der Waals surface area contributed by atoms with Gasteiger partial charge in [-0.15, -0.1) is 10.1 Å². The van der Waals surface area contributed by atoms with Crippen LogP contribution >= 0.6 is 0 Å². The standard InChI is InChI=1S/C19H20N4O6S/c24-23(25)29-13-7-12-28-15-17-14-19(16-8-3-1-4-9-16)22(20-17)21-30(26,27)18-10-5-2-6-11-18/h1-6,8-11,14,21H,7,12-13,15H2. The van der Waals surface area contributed by atoms with Crippen LogP contribution in [0.2, 0.25) is 0 Å². The lowest BCUT2D eigenvalue weighted by Crippen LogP contribution is -2.25. The normalized spacial score (nSPS) is 11.2. The maximum absolute atomic E-state index is 12.7. The Morgan fingerprint density at radius 1 is 1.03 bits per heavy atom. The maximum atomic E-state index is 12.7. The van der Waals surface area contributed by atoms with E-state index in [-0.39, 0.29) is 24.7 Å². The Morgan fingerprint density at radius 2 is 1.70 bits per heavy atom. The summed E-state index contributed by atoms with van der Waals surface area (Å²) in [5, 5.41) is 13.6. The summed E-state index contributed by atoms with van der Waals surface area (Å²) in [6, 6.07) is 18.9. The van der Waals surface area contributed by atoms with E-state index >= 15 is 0 Å². The van der Waals surface area contributed by atoms with Gasteiger partial charge in [-0.25, -0.2) is 0 Å². The highest BCUT2D eigenvalue weighted by Crippen LogP contribution is 2.21. The van der Waals surface area contributed by atoms with Crippen molar-refractivity contribution in [2.75, 3.05) is 18.0 Å². The molecular weight excluding hydrogens is 412 g/mol. The summed E-state index contributed by atoms with van der Waals surface area (Å²) in [6.45, 7) is 0.281. The zero-order valence-electron chi connectivity index (χ0n) is 15.9. The van der Waals surface area contributed by atoms with Gasteiger partial charge in [0.1, 0.15) is 0 Å². The van der Waals surface area contributed by atoms with Crippen molar-refractivity contribution in [1.29, 1.82) is 0 Å². The molecule has 3 aromatic rings. The molecule has 0 aliphatic carbocycles. The van der Waals surface area contributed by atoms with E-state index in [1.807, 2.05) is 30.3 Å². The van der Waals surface area contributed by atoms with Crippen LogP contribution in [0.1, 0.15) is 12.1 Å². The molecule has 0 atom stereocenters. The Bertz CT molecular complexity index is 1070. The molecule has 0 aliphatic rings. The molecule has 0 unspecified atom stereocenters. The Labute approximate surface area is 173 Å². The number of hydrogen-bond acceptors (Lipinski definition) is 7. The summed E-state index contributed by atoms with van der Waals surface area (Å²) in [6.07, 6.45) is 0.341.